The number of rotatable bonds is 3. The van der Waals surface area contributed by atoms with Crippen LogP contribution in [0.4, 0.5) is 10.7 Å². The summed E-state index contributed by atoms with van der Waals surface area (Å²) in [5.41, 5.74) is 6.85. The molecule has 1 aromatic rings. The van der Waals surface area contributed by atoms with E-state index in [1.165, 1.54) is 11.3 Å². The second kappa shape index (κ2) is 5.08. The van der Waals surface area contributed by atoms with Crippen molar-refractivity contribution in [2.75, 3.05) is 30.3 Å². The van der Waals surface area contributed by atoms with Crippen LogP contribution in [0, 0.1) is 17.2 Å². The van der Waals surface area contributed by atoms with Crippen molar-refractivity contribution < 1.29 is 9.53 Å². The van der Waals surface area contributed by atoms with E-state index in [0.717, 1.165) is 30.9 Å². The molecule has 0 bridgehead atoms. The molecule has 1 aliphatic heterocycles. The summed E-state index contributed by atoms with van der Waals surface area (Å²) < 4.78 is 5.52. The molecule has 0 radical (unpaired) electrons. The number of ketones is 1. The average Bonchev–Trinajstić information content (AvgIpc) is 3.22. The normalized spacial score (nSPS) is 22.6. The Labute approximate surface area is 121 Å². The second-order valence-corrected chi connectivity index (χ2v) is 6.40. The van der Waals surface area contributed by atoms with Crippen LogP contribution in [0.1, 0.15) is 35.0 Å². The maximum Gasteiger partial charge on any atom is 0.178 e. The number of Topliss-reactive ketones (excluding diaryl/α,β-unsaturated/α-hetero) is 1. The van der Waals surface area contributed by atoms with Crippen LogP contribution in [0.2, 0.25) is 0 Å². The van der Waals surface area contributed by atoms with Gasteiger partial charge in [-0.15, -0.1) is 11.3 Å². The highest BCUT2D eigenvalue weighted by Crippen LogP contribution is 2.43. The summed E-state index contributed by atoms with van der Waals surface area (Å²) in [4.78, 5) is 14.9. The monoisotopic (exact) mass is 291 g/mol. The van der Waals surface area contributed by atoms with Crippen molar-refractivity contribution in [2.24, 2.45) is 5.92 Å². The van der Waals surface area contributed by atoms with Crippen LogP contribution in [0.25, 0.3) is 0 Å². The van der Waals surface area contributed by atoms with Crippen molar-refractivity contribution in [3.05, 3.63) is 10.4 Å². The van der Waals surface area contributed by atoms with Gasteiger partial charge in [-0.05, 0) is 19.8 Å². The Morgan fingerprint density at radius 1 is 1.55 bits per heavy atom. The highest BCUT2D eigenvalue weighted by Gasteiger charge is 2.35. The quantitative estimate of drug-likeness (QED) is 0.862. The van der Waals surface area contributed by atoms with E-state index >= 15 is 0 Å². The van der Waals surface area contributed by atoms with Gasteiger partial charge in [0.2, 0.25) is 0 Å². The number of morpholine rings is 1. The maximum atomic E-state index is 12.2. The largest absolute Gasteiger partial charge is 0.396 e. The van der Waals surface area contributed by atoms with Gasteiger partial charge in [0.05, 0.1) is 23.3 Å². The van der Waals surface area contributed by atoms with Gasteiger partial charge in [0, 0.05) is 19.0 Å². The first-order valence-electron chi connectivity index (χ1n) is 6.85. The minimum atomic E-state index is 0.108. The highest BCUT2D eigenvalue weighted by atomic mass is 32.1. The van der Waals surface area contributed by atoms with Crippen LogP contribution in [-0.4, -0.2) is 31.6 Å². The van der Waals surface area contributed by atoms with Crippen molar-refractivity contribution in [3.8, 4) is 6.07 Å². The summed E-state index contributed by atoms with van der Waals surface area (Å²) in [6.07, 6.45) is 2.02. The van der Waals surface area contributed by atoms with Gasteiger partial charge in [-0.25, -0.2) is 0 Å². The molecule has 2 aliphatic rings. The second-order valence-electron chi connectivity index (χ2n) is 5.40. The third-order valence-corrected chi connectivity index (χ3v) is 5.02. The third kappa shape index (κ3) is 2.28. The SMILES string of the molecule is CC1CN(c2sc(C(=O)C3CC3)c(N)c2C#N)CCO1. The highest BCUT2D eigenvalue weighted by molar-refractivity contribution is 7.19. The fourth-order valence-corrected chi connectivity index (χ4v) is 3.70. The van der Waals surface area contributed by atoms with Crippen LogP contribution in [0.15, 0.2) is 0 Å². The molecular formula is C14H17N3O2S. The fraction of sp³-hybridized carbons (Fsp3) is 0.571. The van der Waals surface area contributed by atoms with Crippen LogP contribution in [0.3, 0.4) is 0 Å². The molecule has 1 atom stereocenters. The van der Waals surface area contributed by atoms with Crippen LogP contribution in [-0.2, 0) is 4.74 Å². The maximum absolute atomic E-state index is 12.2. The van der Waals surface area contributed by atoms with Gasteiger partial charge in [-0.3, -0.25) is 4.79 Å². The lowest BCUT2D eigenvalue weighted by Gasteiger charge is -2.32. The summed E-state index contributed by atoms with van der Waals surface area (Å²) in [6.45, 7) is 4.10. The zero-order chi connectivity index (χ0) is 14.3. The number of nitriles is 1. The molecule has 0 aromatic carbocycles. The number of nitrogen functional groups attached to an aromatic ring is 1. The van der Waals surface area contributed by atoms with E-state index in [9.17, 15) is 10.1 Å². The van der Waals surface area contributed by atoms with E-state index in [2.05, 4.69) is 11.0 Å². The van der Waals surface area contributed by atoms with Gasteiger partial charge in [0.1, 0.15) is 16.6 Å². The molecule has 1 aliphatic carbocycles. The molecule has 1 saturated carbocycles. The topological polar surface area (TPSA) is 79.4 Å². The first-order valence-corrected chi connectivity index (χ1v) is 7.66. The lowest BCUT2D eigenvalue weighted by atomic mass is 10.1. The van der Waals surface area contributed by atoms with Crippen LogP contribution < -0.4 is 10.6 Å². The molecule has 1 aromatic heterocycles. The Hall–Kier alpha value is -1.58. The first-order chi connectivity index (χ1) is 9.61. The average molecular weight is 291 g/mol. The molecule has 20 heavy (non-hydrogen) atoms. The van der Waals surface area contributed by atoms with E-state index < -0.39 is 0 Å². The van der Waals surface area contributed by atoms with Crippen LogP contribution in [0.5, 0.6) is 0 Å². The first kappa shape index (κ1) is 13.4. The molecule has 0 spiro atoms. The van der Waals surface area contributed by atoms with Gasteiger partial charge < -0.3 is 15.4 Å². The molecular weight excluding hydrogens is 274 g/mol. The van der Waals surface area contributed by atoms with Gasteiger partial charge >= 0.3 is 0 Å². The Kier molecular flexibility index (Phi) is 3.40. The van der Waals surface area contributed by atoms with Crippen molar-refractivity contribution in [1.82, 2.24) is 0 Å². The van der Waals surface area contributed by atoms with Crippen molar-refractivity contribution in [2.45, 2.75) is 25.9 Å². The van der Waals surface area contributed by atoms with Crippen LogP contribution >= 0.6 is 11.3 Å². The number of nitrogens with zero attached hydrogens (tertiary/aromatic N) is 2. The van der Waals surface area contributed by atoms with Crippen molar-refractivity contribution >= 4 is 27.8 Å². The number of anilines is 2. The molecule has 6 heteroatoms. The zero-order valence-electron chi connectivity index (χ0n) is 11.4. The standard InChI is InChI=1S/C14H17N3O2S/c1-8-7-17(4-5-19-8)14-10(6-15)11(16)13(20-14)12(18)9-2-3-9/h8-9H,2-5,7,16H2,1H3. The predicted octanol–water partition coefficient (Wildman–Crippen LogP) is 2.02. The lowest BCUT2D eigenvalue weighted by molar-refractivity contribution is 0.0534. The third-order valence-electron chi connectivity index (χ3n) is 3.74. The number of thiophene rings is 1. The Morgan fingerprint density at radius 3 is 2.90 bits per heavy atom. The van der Waals surface area contributed by atoms with E-state index in [4.69, 9.17) is 10.5 Å². The van der Waals surface area contributed by atoms with Gasteiger partial charge in [-0.1, -0.05) is 0 Å². The number of hydrogen-bond acceptors (Lipinski definition) is 6. The van der Waals surface area contributed by atoms with Crippen molar-refractivity contribution in [3.63, 3.8) is 0 Å². The molecule has 1 saturated heterocycles. The number of hydrogen-bond donors (Lipinski definition) is 1. The van der Waals surface area contributed by atoms with E-state index in [0.29, 0.717) is 22.7 Å². The summed E-state index contributed by atoms with van der Waals surface area (Å²) in [6, 6.07) is 2.16. The number of carbonyl (C=O) groups excluding carboxylic acids is 1. The van der Waals surface area contributed by atoms with Gasteiger partial charge in [0.15, 0.2) is 5.78 Å². The predicted molar refractivity (Wildman–Crippen MR) is 78.1 cm³/mol. The van der Waals surface area contributed by atoms with E-state index in [1.807, 2.05) is 6.92 Å². The Balaban J connectivity index is 1.95. The molecule has 1 unspecified atom stereocenters. The molecule has 2 N–H and O–H groups in total. The molecule has 3 rings (SSSR count). The summed E-state index contributed by atoms with van der Waals surface area (Å²) in [7, 11) is 0. The molecule has 0 amide bonds. The molecule has 5 nitrogen and oxygen atoms in total. The summed E-state index contributed by atoms with van der Waals surface area (Å²) in [5, 5.41) is 10.2. The lowest BCUT2D eigenvalue weighted by Crippen LogP contribution is -2.41. The fourth-order valence-electron chi connectivity index (χ4n) is 2.48. The number of carbonyl (C=O) groups is 1. The molecule has 2 heterocycles. The number of ether oxygens (including phenoxy) is 1. The summed E-state index contributed by atoms with van der Waals surface area (Å²) >= 11 is 1.37. The smallest absolute Gasteiger partial charge is 0.178 e. The van der Waals surface area contributed by atoms with E-state index in [-0.39, 0.29) is 17.8 Å². The minimum absolute atomic E-state index is 0.108. The number of nitrogens with two attached hydrogens (primary N) is 1. The van der Waals surface area contributed by atoms with Crippen molar-refractivity contribution in [1.29, 1.82) is 5.26 Å². The van der Waals surface area contributed by atoms with Gasteiger partial charge in [-0.2, -0.15) is 5.26 Å². The minimum Gasteiger partial charge on any atom is -0.396 e. The Bertz CT molecular complexity index is 586. The van der Waals surface area contributed by atoms with E-state index in [1.54, 1.807) is 0 Å². The molecule has 2 fully saturated rings. The summed E-state index contributed by atoms with van der Waals surface area (Å²) in [5.74, 6) is 0.232. The molecule has 106 valence electrons. The van der Waals surface area contributed by atoms with Gasteiger partial charge in [0.25, 0.3) is 0 Å². The zero-order valence-corrected chi connectivity index (χ0v) is 12.2. The Morgan fingerprint density at radius 2 is 2.30 bits per heavy atom.